The SMILES string of the molecule is CCONC(=O)CSc1nc2scc(C3CC3)c2c(=O)n1C1CCCCC1. The smallest absolute Gasteiger partial charge is 0.263 e. The predicted molar refractivity (Wildman–Crippen MR) is 108 cm³/mol. The first-order valence-electron chi connectivity index (χ1n) is 9.76. The molecule has 0 bridgehead atoms. The zero-order valence-corrected chi connectivity index (χ0v) is 17.2. The van der Waals surface area contributed by atoms with Crippen molar-refractivity contribution in [2.24, 2.45) is 0 Å². The molecule has 0 spiro atoms. The molecule has 2 aliphatic rings. The third-order valence-electron chi connectivity index (χ3n) is 5.26. The van der Waals surface area contributed by atoms with E-state index in [1.807, 2.05) is 11.5 Å². The van der Waals surface area contributed by atoms with E-state index < -0.39 is 0 Å². The van der Waals surface area contributed by atoms with Crippen LogP contribution in [0.25, 0.3) is 10.2 Å². The van der Waals surface area contributed by atoms with Crippen LogP contribution in [0.1, 0.15) is 69.4 Å². The van der Waals surface area contributed by atoms with Crippen LogP contribution >= 0.6 is 23.1 Å². The van der Waals surface area contributed by atoms with E-state index in [0.29, 0.717) is 17.7 Å². The van der Waals surface area contributed by atoms with E-state index >= 15 is 0 Å². The van der Waals surface area contributed by atoms with Crippen molar-refractivity contribution in [1.82, 2.24) is 15.0 Å². The number of rotatable bonds is 7. The maximum absolute atomic E-state index is 13.5. The first kappa shape index (κ1) is 19.0. The zero-order chi connectivity index (χ0) is 18.8. The molecule has 1 N–H and O–H groups in total. The van der Waals surface area contributed by atoms with Crippen molar-refractivity contribution in [3.63, 3.8) is 0 Å². The summed E-state index contributed by atoms with van der Waals surface area (Å²) in [6.45, 7) is 2.24. The largest absolute Gasteiger partial charge is 0.284 e. The summed E-state index contributed by atoms with van der Waals surface area (Å²) in [6.07, 6.45) is 7.87. The molecule has 1 amide bonds. The number of thioether (sulfide) groups is 1. The summed E-state index contributed by atoms with van der Waals surface area (Å²) in [4.78, 5) is 36.0. The Morgan fingerprint density at radius 1 is 1.33 bits per heavy atom. The van der Waals surface area contributed by atoms with Gasteiger partial charge in [0.1, 0.15) is 4.83 Å². The number of fused-ring (bicyclic) bond motifs is 1. The fraction of sp³-hybridized carbons (Fsp3) is 0.632. The van der Waals surface area contributed by atoms with Gasteiger partial charge >= 0.3 is 0 Å². The molecule has 146 valence electrons. The van der Waals surface area contributed by atoms with Crippen molar-refractivity contribution >= 4 is 39.2 Å². The van der Waals surface area contributed by atoms with E-state index in [2.05, 4.69) is 10.9 Å². The summed E-state index contributed by atoms with van der Waals surface area (Å²) < 4.78 is 1.89. The van der Waals surface area contributed by atoms with E-state index in [9.17, 15) is 9.59 Å². The Labute approximate surface area is 166 Å². The first-order valence-corrected chi connectivity index (χ1v) is 11.6. The van der Waals surface area contributed by atoms with Gasteiger partial charge in [-0.05, 0) is 49.5 Å². The number of hydrogen-bond acceptors (Lipinski definition) is 6. The molecule has 8 heteroatoms. The van der Waals surface area contributed by atoms with Crippen molar-refractivity contribution in [3.8, 4) is 0 Å². The Kier molecular flexibility index (Phi) is 5.85. The molecule has 2 fully saturated rings. The highest BCUT2D eigenvalue weighted by molar-refractivity contribution is 7.99. The fourth-order valence-electron chi connectivity index (χ4n) is 3.78. The summed E-state index contributed by atoms with van der Waals surface area (Å²) in [6, 6.07) is 0.188. The van der Waals surface area contributed by atoms with Gasteiger partial charge in [-0.2, -0.15) is 0 Å². The molecule has 2 saturated carbocycles. The third-order valence-corrected chi connectivity index (χ3v) is 7.10. The molecule has 2 heterocycles. The Morgan fingerprint density at radius 3 is 2.81 bits per heavy atom. The Morgan fingerprint density at radius 2 is 2.11 bits per heavy atom. The number of carbonyl (C=O) groups is 1. The second-order valence-corrected chi connectivity index (χ2v) is 9.05. The van der Waals surface area contributed by atoms with Gasteiger partial charge in [-0.3, -0.25) is 19.0 Å². The molecular weight excluding hydrogens is 382 g/mol. The van der Waals surface area contributed by atoms with E-state index in [1.165, 1.54) is 36.6 Å². The molecule has 0 atom stereocenters. The number of hydroxylamine groups is 1. The third kappa shape index (κ3) is 4.07. The van der Waals surface area contributed by atoms with E-state index in [0.717, 1.165) is 35.9 Å². The van der Waals surface area contributed by atoms with Gasteiger partial charge in [-0.1, -0.05) is 31.0 Å². The van der Waals surface area contributed by atoms with Gasteiger partial charge in [0.15, 0.2) is 5.16 Å². The quantitative estimate of drug-likeness (QED) is 0.427. The Bertz CT molecular complexity index is 882. The van der Waals surface area contributed by atoms with Gasteiger partial charge in [0, 0.05) is 6.04 Å². The summed E-state index contributed by atoms with van der Waals surface area (Å²) in [5, 5.41) is 3.59. The molecule has 4 rings (SSSR count). The van der Waals surface area contributed by atoms with Crippen molar-refractivity contribution < 1.29 is 9.63 Å². The van der Waals surface area contributed by atoms with Gasteiger partial charge in [0.05, 0.1) is 17.7 Å². The van der Waals surface area contributed by atoms with E-state index in [1.54, 1.807) is 11.3 Å². The van der Waals surface area contributed by atoms with Crippen LogP contribution in [0.5, 0.6) is 0 Å². The molecule has 2 aromatic heterocycles. The van der Waals surface area contributed by atoms with Crippen molar-refractivity contribution in [1.29, 1.82) is 0 Å². The normalized spacial score (nSPS) is 18.1. The molecule has 0 unspecified atom stereocenters. The highest BCUT2D eigenvalue weighted by Crippen LogP contribution is 2.44. The second-order valence-electron chi connectivity index (χ2n) is 7.25. The van der Waals surface area contributed by atoms with Gasteiger partial charge in [-0.25, -0.2) is 10.5 Å². The average Bonchev–Trinajstić information content (AvgIpc) is 3.44. The average molecular weight is 408 g/mol. The predicted octanol–water partition coefficient (Wildman–Crippen LogP) is 4.00. The second kappa shape index (κ2) is 8.32. The van der Waals surface area contributed by atoms with Gasteiger partial charge in [-0.15, -0.1) is 11.3 Å². The zero-order valence-electron chi connectivity index (χ0n) is 15.5. The van der Waals surface area contributed by atoms with Crippen molar-refractivity contribution in [2.75, 3.05) is 12.4 Å². The molecule has 2 aliphatic carbocycles. The lowest BCUT2D eigenvalue weighted by Gasteiger charge is -2.26. The number of nitrogens with zero attached hydrogens (tertiary/aromatic N) is 2. The van der Waals surface area contributed by atoms with Crippen LogP contribution in [0.4, 0.5) is 0 Å². The van der Waals surface area contributed by atoms with Crippen molar-refractivity contribution in [3.05, 3.63) is 21.3 Å². The lowest BCUT2D eigenvalue weighted by atomic mass is 9.95. The molecule has 2 aromatic rings. The highest BCUT2D eigenvalue weighted by atomic mass is 32.2. The molecular formula is C19H25N3O3S2. The van der Waals surface area contributed by atoms with Crippen LogP contribution in [0.2, 0.25) is 0 Å². The van der Waals surface area contributed by atoms with Crippen LogP contribution in [0.15, 0.2) is 15.3 Å². The van der Waals surface area contributed by atoms with Crippen LogP contribution in [-0.4, -0.2) is 27.8 Å². The van der Waals surface area contributed by atoms with Gasteiger partial charge < -0.3 is 0 Å². The number of nitrogens with one attached hydrogen (secondary N) is 1. The molecule has 6 nitrogen and oxygen atoms in total. The monoisotopic (exact) mass is 407 g/mol. The number of amides is 1. The summed E-state index contributed by atoms with van der Waals surface area (Å²) >= 11 is 2.88. The minimum absolute atomic E-state index is 0.0859. The highest BCUT2D eigenvalue weighted by Gasteiger charge is 2.30. The lowest BCUT2D eigenvalue weighted by molar-refractivity contribution is -0.130. The van der Waals surface area contributed by atoms with Crippen LogP contribution in [0.3, 0.4) is 0 Å². The standard InChI is InChI=1S/C19H25N3O3S2/c1-2-25-21-15(23)11-27-19-20-17-16(14(10-26-17)12-8-9-12)18(24)22(19)13-6-4-3-5-7-13/h10,12-13H,2-9,11H2,1H3,(H,21,23). The molecule has 0 saturated heterocycles. The van der Waals surface area contributed by atoms with Gasteiger partial charge in [0.2, 0.25) is 0 Å². The van der Waals surface area contributed by atoms with Crippen LogP contribution < -0.4 is 11.0 Å². The molecule has 27 heavy (non-hydrogen) atoms. The lowest BCUT2D eigenvalue weighted by Crippen LogP contribution is -2.30. The molecule has 0 aliphatic heterocycles. The molecule has 0 aromatic carbocycles. The number of thiophene rings is 1. The summed E-state index contributed by atoms with van der Waals surface area (Å²) in [5.41, 5.74) is 3.68. The maximum atomic E-state index is 13.5. The van der Waals surface area contributed by atoms with Gasteiger partial charge in [0.25, 0.3) is 11.5 Å². The minimum Gasteiger partial charge on any atom is -0.284 e. The van der Waals surface area contributed by atoms with E-state index in [4.69, 9.17) is 9.82 Å². The van der Waals surface area contributed by atoms with E-state index in [-0.39, 0.29) is 23.3 Å². The summed E-state index contributed by atoms with van der Waals surface area (Å²) in [7, 11) is 0. The maximum Gasteiger partial charge on any atom is 0.263 e. The summed E-state index contributed by atoms with van der Waals surface area (Å²) in [5.74, 6) is 0.505. The Balaban J connectivity index is 1.69. The fourth-order valence-corrected chi connectivity index (χ4v) is 5.69. The number of hydrogen-bond donors (Lipinski definition) is 1. The minimum atomic E-state index is -0.212. The number of carbonyl (C=O) groups excluding carboxylic acids is 1. The topological polar surface area (TPSA) is 73.2 Å². The first-order chi connectivity index (χ1) is 13.2. The van der Waals surface area contributed by atoms with Crippen molar-refractivity contribution in [2.45, 2.75) is 69.0 Å². The molecule has 0 radical (unpaired) electrons. The Hall–Kier alpha value is -1.38. The van der Waals surface area contributed by atoms with Crippen LogP contribution in [0, 0.1) is 0 Å². The van der Waals surface area contributed by atoms with Crippen LogP contribution in [-0.2, 0) is 9.63 Å². The number of aromatic nitrogens is 2.